The standard InChI is InChI=1S/C14H25N3O2/c1-9(2)12-14(19)17(10(3)13(18)15-12)11-6-5-7-16(4)8-11/h9-12H,5-8H2,1-4H3,(H,15,18). The van der Waals surface area contributed by atoms with Crippen LogP contribution in [0.2, 0.25) is 0 Å². The van der Waals surface area contributed by atoms with Gasteiger partial charge in [-0.25, -0.2) is 0 Å². The SMILES string of the molecule is CC(C)C1NC(=O)C(C)N(C2CCCN(C)C2)C1=O. The first-order valence-corrected chi connectivity index (χ1v) is 7.23. The van der Waals surface area contributed by atoms with Gasteiger partial charge < -0.3 is 15.1 Å². The first kappa shape index (κ1) is 14.3. The Bertz CT molecular complexity index is 370. The molecule has 0 radical (unpaired) electrons. The maximum atomic E-state index is 12.6. The van der Waals surface area contributed by atoms with Crippen molar-refractivity contribution in [2.24, 2.45) is 5.92 Å². The second-order valence-electron chi connectivity index (χ2n) is 6.21. The molecule has 0 aromatic rings. The maximum absolute atomic E-state index is 12.6. The van der Waals surface area contributed by atoms with Gasteiger partial charge in [-0.2, -0.15) is 0 Å². The second kappa shape index (κ2) is 5.49. The van der Waals surface area contributed by atoms with Crippen molar-refractivity contribution in [3.05, 3.63) is 0 Å². The van der Waals surface area contributed by atoms with Gasteiger partial charge in [0.2, 0.25) is 11.8 Å². The molecule has 2 aliphatic heterocycles. The third-order valence-electron chi connectivity index (χ3n) is 4.27. The Labute approximate surface area is 115 Å². The van der Waals surface area contributed by atoms with Crippen molar-refractivity contribution < 1.29 is 9.59 Å². The number of piperazine rings is 1. The zero-order valence-corrected chi connectivity index (χ0v) is 12.3. The molecule has 3 atom stereocenters. The van der Waals surface area contributed by atoms with Crippen molar-refractivity contribution in [1.29, 1.82) is 0 Å². The molecule has 0 aromatic heterocycles. The summed E-state index contributed by atoms with van der Waals surface area (Å²) in [6.07, 6.45) is 2.09. The number of likely N-dealkylation sites (tertiary alicyclic amines) is 1. The Balaban J connectivity index is 2.19. The van der Waals surface area contributed by atoms with E-state index < -0.39 is 0 Å². The van der Waals surface area contributed by atoms with Gasteiger partial charge in [0.05, 0.1) is 0 Å². The monoisotopic (exact) mass is 267 g/mol. The van der Waals surface area contributed by atoms with E-state index in [1.54, 1.807) is 0 Å². The normalized spacial score (nSPS) is 33.7. The third kappa shape index (κ3) is 2.76. The molecule has 2 saturated heterocycles. The summed E-state index contributed by atoms with van der Waals surface area (Å²) in [4.78, 5) is 28.8. The summed E-state index contributed by atoms with van der Waals surface area (Å²) in [5.41, 5.74) is 0. The van der Waals surface area contributed by atoms with Gasteiger partial charge in [0.25, 0.3) is 0 Å². The van der Waals surface area contributed by atoms with E-state index in [4.69, 9.17) is 0 Å². The Kier molecular flexibility index (Phi) is 4.13. The molecule has 19 heavy (non-hydrogen) atoms. The molecule has 2 rings (SSSR count). The first-order chi connectivity index (χ1) is 8.91. The lowest BCUT2D eigenvalue weighted by molar-refractivity contribution is -0.153. The molecule has 0 saturated carbocycles. The van der Waals surface area contributed by atoms with Crippen molar-refractivity contribution >= 4 is 11.8 Å². The highest BCUT2D eigenvalue weighted by atomic mass is 16.2. The fraction of sp³-hybridized carbons (Fsp3) is 0.857. The lowest BCUT2D eigenvalue weighted by Crippen LogP contribution is -2.67. The molecule has 2 aliphatic rings. The van der Waals surface area contributed by atoms with Crippen LogP contribution in [0.1, 0.15) is 33.6 Å². The van der Waals surface area contributed by atoms with E-state index in [-0.39, 0.29) is 35.9 Å². The van der Waals surface area contributed by atoms with Gasteiger partial charge in [-0.3, -0.25) is 9.59 Å². The summed E-state index contributed by atoms with van der Waals surface area (Å²) >= 11 is 0. The van der Waals surface area contributed by atoms with E-state index in [0.29, 0.717) is 0 Å². The summed E-state index contributed by atoms with van der Waals surface area (Å²) < 4.78 is 0. The lowest BCUT2D eigenvalue weighted by atomic mass is 9.94. The van der Waals surface area contributed by atoms with Crippen LogP contribution >= 0.6 is 0 Å². The van der Waals surface area contributed by atoms with Gasteiger partial charge in [-0.1, -0.05) is 13.8 Å². The average molecular weight is 267 g/mol. The molecule has 5 heteroatoms. The van der Waals surface area contributed by atoms with Gasteiger partial charge in [0.15, 0.2) is 0 Å². The van der Waals surface area contributed by atoms with Crippen LogP contribution in [-0.2, 0) is 9.59 Å². The lowest BCUT2D eigenvalue weighted by Gasteiger charge is -2.45. The predicted octanol–water partition coefficient (Wildman–Crippen LogP) is 0.452. The highest BCUT2D eigenvalue weighted by Gasteiger charge is 2.43. The van der Waals surface area contributed by atoms with Gasteiger partial charge in [-0.05, 0) is 39.3 Å². The van der Waals surface area contributed by atoms with Gasteiger partial charge >= 0.3 is 0 Å². The van der Waals surface area contributed by atoms with Crippen molar-refractivity contribution in [1.82, 2.24) is 15.1 Å². The van der Waals surface area contributed by atoms with Crippen LogP contribution in [0.3, 0.4) is 0 Å². The number of rotatable bonds is 2. The zero-order valence-electron chi connectivity index (χ0n) is 12.3. The van der Waals surface area contributed by atoms with Crippen LogP contribution in [0.5, 0.6) is 0 Å². The van der Waals surface area contributed by atoms with Crippen molar-refractivity contribution in [3.63, 3.8) is 0 Å². The average Bonchev–Trinajstić information content (AvgIpc) is 2.34. The number of piperidine rings is 1. The molecule has 5 nitrogen and oxygen atoms in total. The quantitative estimate of drug-likeness (QED) is 0.790. The molecule has 1 N–H and O–H groups in total. The van der Waals surface area contributed by atoms with Gasteiger partial charge in [-0.15, -0.1) is 0 Å². The van der Waals surface area contributed by atoms with Crippen LogP contribution in [0.25, 0.3) is 0 Å². The third-order valence-corrected chi connectivity index (χ3v) is 4.27. The molecule has 2 heterocycles. The highest BCUT2D eigenvalue weighted by Crippen LogP contribution is 2.23. The number of hydrogen-bond acceptors (Lipinski definition) is 3. The Morgan fingerprint density at radius 2 is 2.00 bits per heavy atom. The molecular formula is C14H25N3O2. The largest absolute Gasteiger partial charge is 0.342 e. The number of carbonyl (C=O) groups is 2. The molecule has 108 valence electrons. The first-order valence-electron chi connectivity index (χ1n) is 7.23. The Morgan fingerprint density at radius 1 is 1.32 bits per heavy atom. The van der Waals surface area contributed by atoms with Crippen molar-refractivity contribution in [3.8, 4) is 0 Å². The molecule has 0 bridgehead atoms. The number of likely N-dealkylation sites (N-methyl/N-ethyl adjacent to an activating group) is 1. The van der Waals surface area contributed by atoms with E-state index in [1.165, 1.54) is 0 Å². The number of nitrogens with zero attached hydrogens (tertiary/aromatic N) is 2. The minimum absolute atomic E-state index is 0.0217. The van der Waals surface area contributed by atoms with E-state index in [1.807, 2.05) is 25.7 Å². The molecule has 2 amide bonds. The molecule has 2 fully saturated rings. The van der Waals surface area contributed by atoms with E-state index in [0.717, 1.165) is 25.9 Å². The molecule has 0 aliphatic carbocycles. The summed E-state index contributed by atoms with van der Waals surface area (Å²) in [6.45, 7) is 7.73. The summed E-state index contributed by atoms with van der Waals surface area (Å²) in [5, 5.41) is 2.85. The van der Waals surface area contributed by atoms with Crippen molar-refractivity contribution in [2.45, 2.75) is 51.7 Å². The fourth-order valence-corrected chi connectivity index (χ4v) is 3.13. The van der Waals surface area contributed by atoms with Crippen LogP contribution in [0, 0.1) is 5.92 Å². The molecule has 0 spiro atoms. The van der Waals surface area contributed by atoms with E-state index >= 15 is 0 Å². The molecular weight excluding hydrogens is 242 g/mol. The summed E-state index contributed by atoms with van der Waals surface area (Å²) in [5.74, 6) is 0.196. The number of hydrogen-bond donors (Lipinski definition) is 1. The highest BCUT2D eigenvalue weighted by molar-refractivity contribution is 5.97. The minimum Gasteiger partial charge on any atom is -0.342 e. The summed E-state index contributed by atoms with van der Waals surface area (Å²) in [6, 6.07) is -0.538. The number of nitrogens with one attached hydrogen (secondary N) is 1. The summed E-state index contributed by atoms with van der Waals surface area (Å²) in [7, 11) is 2.07. The topological polar surface area (TPSA) is 52.7 Å². The molecule has 0 aromatic carbocycles. The smallest absolute Gasteiger partial charge is 0.246 e. The van der Waals surface area contributed by atoms with Crippen LogP contribution in [-0.4, -0.2) is 59.9 Å². The van der Waals surface area contributed by atoms with E-state index in [9.17, 15) is 9.59 Å². The van der Waals surface area contributed by atoms with Gasteiger partial charge in [0.1, 0.15) is 12.1 Å². The fourth-order valence-electron chi connectivity index (χ4n) is 3.13. The van der Waals surface area contributed by atoms with Crippen LogP contribution < -0.4 is 5.32 Å². The Morgan fingerprint density at radius 3 is 2.58 bits per heavy atom. The van der Waals surface area contributed by atoms with E-state index in [2.05, 4.69) is 17.3 Å². The van der Waals surface area contributed by atoms with Crippen LogP contribution in [0.4, 0.5) is 0 Å². The minimum atomic E-state index is -0.365. The van der Waals surface area contributed by atoms with Gasteiger partial charge in [0, 0.05) is 12.6 Å². The number of carbonyl (C=O) groups excluding carboxylic acids is 2. The second-order valence-corrected chi connectivity index (χ2v) is 6.21. The Hall–Kier alpha value is -1.10. The van der Waals surface area contributed by atoms with Crippen molar-refractivity contribution in [2.75, 3.05) is 20.1 Å². The molecule has 3 unspecified atom stereocenters. The number of amides is 2. The van der Waals surface area contributed by atoms with Crippen LogP contribution in [0.15, 0.2) is 0 Å². The predicted molar refractivity (Wildman–Crippen MR) is 73.6 cm³/mol. The zero-order chi connectivity index (χ0) is 14.2. The maximum Gasteiger partial charge on any atom is 0.246 e.